The first-order valence-electron chi connectivity index (χ1n) is 7.28. The van der Waals surface area contributed by atoms with Crippen LogP contribution in [-0.2, 0) is 9.84 Å². The molecule has 26 heavy (non-hydrogen) atoms. The predicted molar refractivity (Wildman–Crippen MR) is 97.4 cm³/mol. The maximum Gasteiger partial charge on any atom is 1.00 e. The molecule has 0 aliphatic heterocycles. The molecular weight excluding hydrogens is 375 g/mol. The minimum atomic E-state index is -3.41. The van der Waals surface area contributed by atoms with Crippen LogP contribution in [0.4, 0.5) is 0 Å². The molecule has 0 amide bonds. The van der Waals surface area contributed by atoms with E-state index in [0.717, 1.165) is 17.5 Å². The number of hydrogen-bond donors (Lipinski definition) is 1. The van der Waals surface area contributed by atoms with Gasteiger partial charge in [0.2, 0.25) is 0 Å². The zero-order valence-electron chi connectivity index (χ0n) is 16.3. The number of sulfone groups is 1. The summed E-state index contributed by atoms with van der Waals surface area (Å²) in [5, 5.41) is 14.5. The summed E-state index contributed by atoms with van der Waals surface area (Å²) in [6.45, 7) is 5.32. The van der Waals surface area contributed by atoms with Gasteiger partial charge in [-0.15, -0.1) is 0 Å². The molecule has 0 saturated carbocycles. The summed E-state index contributed by atoms with van der Waals surface area (Å²) in [4.78, 5) is 0.107. The van der Waals surface area contributed by atoms with Crippen LogP contribution in [0.3, 0.4) is 0 Å². The topological polar surface area (TPSA) is 72.2 Å². The van der Waals surface area contributed by atoms with Crippen molar-refractivity contribution in [2.45, 2.75) is 25.7 Å². The SMILES string of the molecule is CC#CC#CC#Cn1nc(C)c(C)c1-c1cc(S(C)(=O)=O)ccc1O.[H-].[K+]. The van der Waals surface area contributed by atoms with Crippen molar-refractivity contribution in [3.8, 4) is 52.7 Å². The zero-order valence-corrected chi connectivity index (χ0v) is 19.2. The molecule has 0 saturated heterocycles. The van der Waals surface area contributed by atoms with E-state index in [9.17, 15) is 13.5 Å². The van der Waals surface area contributed by atoms with E-state index < -0.39 is 9.84 Å². The Morgan fingerprint density at radius 2 is 1.81 bits per heavy atom. The van der Waals surface area contributed by atoms with E-state index in [1.807, 2.05) is 13.8 Å². The summed E-state index contributed by atoms with van der Waals surface area (Å²) >= 11 is 0. The van der Waals surface area contributed by atoms with Crippen molar-refractivity contribution in [3.63, 3.8) is 0 Å². The fourth-order valence-electron chi connectivity index (χ4n) is 2.14. The molecule has 2 rings (SSSR count). The molecule has 1 aromatic carbocycles. The smallest absolute Gasteiger partial charge is 1.00 e. The summed E-state index contributed by atoms with van der Waals surface area (Å²) in [5.74, 6) is 13.0. The molecule has 0 aliphatic rings. The summed E-state index contributed by atoms with van der Waals surface area (Å²) in [6, 6.07) is 6.90. The van der Waals surface area contributed by atoms with Gasteiger partial charge in [-0.05, 0) is 56.4 Å². The molecule has 1 heterocycles. The van der Waals surface area contributed by atoms with Gasteiger partial charge < -0.3 is 6.53 Å². The third kappa shape index (κ3) is 5.25. The maximum absolute atomic E-state index is 11.8. The number of benzene rings is 1. The van der Waals surface area contributed by atoms with Crippen LogP contribution in [0, 0.1) is 49.5 Å². The average molecular weight is 393 g/mol. The van der Waals surface area contributed by atoms with Crippen LogP contribution in [0.15, 0.2) is 23.1 Å². The number of aromatic nitrogens is 2. The number of rotatable bonds is 2. The molecule has 0 aliphatic carbocycles. The van der Waals surface area contributed by atoms with Crippen LogP contribution in [0.5, 0.6) is 5.75 Å². The number of phenols is 1. The molecule has 7 heteroatoms. The standard InChI is InChI=1S/C19H16N2O3S.K.H/c1-5-6-7-8-9-12-21-19(14(2)15(3)20-21)17-13-16(25(4,23)24)10-11-18(17)22;;/h10-11,13,22H,1-4H3;;/q;+1;-1. The minimum Gasteiger partial charge on any atom is -1.00 e. The Morgan fingerprint density at radius 3 is 2.42 bits per heavy atom. The van der Waals surface area contributed by atoms with E-state index >= 15 is 0 Å². The third-order valence-corrected chi connectivity index (χ3v) is 4.60. The minimum absolute atomic E-state index is 0. The van der Waals surface area contributed by atoms with Crippen LogP contribution < -0.4 is 51.4 Å². The van der Waals surface area contributed by atoms with Gasteiger partial charge in [-0.1, -0.05) is 5.92 Å². The van der Waals surface area contributed by atoms with Crippen molar-refractivity contribution >= 4 is 9.84 Å². The van der Waals surface area contributed by atoms with Crippen molar-refractivity contribution in [2.24, 2.45) is 0 Å². The van der Waals surface area contributed by atoms with Gasteiger partial charge in [0.05, 0.1) is 16.3 Å². The van der Waals surface area contributed by atoms with Crippen LogP contribution in [0.1, 0.15) is 19.6 Å². The second kappa shape index (κ2) is 9.44. The van der Waals surface area contributed by atoms with Gasteiger partial charge in [0.1, 0.15) is 5.75 Å². The van der Waals surface area contributed by atoms with Crippen molar-refractivity contribution < 1.29 is 66.3 Å². The normalized spacial score (nSPS) is 9.54. The fourth-order valence-corrected chi connectivity index (χ4v) is 2.79. The van der Waals surface area contributed by atoms with Crippen LogP contribution in [0.2, 0.25) is 0 Å². The first-order valence-corrected chi connectivity index (χ1v) is 9.17. The number of aromatic hydroxyl groups is 1. The predicted octanol–water partition coefficient (Wildman–Crippen LogP) is -0.772. The van der Waals surface area contributed by atoms with E-state index in [1.54, 1.807) is 6.92 Å². The second-order valence-electron chi connectivity index (χ2n) is 5.28. The van der Waals surface area contributed by atoms with E-state index in [1.165, 1.54) is 22.9 Å². The molecular formula is C19H17KN2O3S. The first-order chi connectivity index (χ1) is 11.8. The van der Waals surface area contributed by atoms with E-state index in [0.29, 0.717) is 11.3 Å². The van der Waals surface area contributed by atoms with Crippen molar-refractivity contribution in [1.82, 2.24) is 9.78 Å². The largest absolute Gasteiger partial charge is 1.00 e. The maximum atomic E-state index is 11.8. The molecule has 128 valence electrons. The van der Waals surface area contributed by atoms with Gasteiger partial charge in [-0.2, -0.15) is 9.78 Å². The Labute approximate surface area is 198 Å². The van der Waals surface area contributed by atoms with Gasteiger partial charge in [0.25, 0.3) is 0 Å². The Kier molecular flexibility index (Phi) is 8.18. The summed E-state index contributed by atoms with van der Waals surface area (Å²) in [5.41, 5.74) is 2.37. The summed E-state index contributed by atoms with van der Waals surface area (Å²) < 4.78 is 25.0. The van der Waals surface area contributed by atoms with Crippen molar-refractivity contribution in [3.05, 3.63) is 29.5 Å². The number of aryl methyl sites for hydroxylation is 1. The molecule has 2 aromatic rings. The van der Waals surface area contributed by atoms with Crippen LogP contribution in [-0.4, -0.2) is 29.6 Å². The van der Waals surface area contributed by atoms with E-state index in [4.69, 9.17) is 0 Å². The first kappa shape index (κ1) is 22.5. The molecule has 0 spiro atoms. The van der Waals surface area contributed by atoms with Crippen LogP contribution in [0.25, 0.3) is 11.3 Å². The van der Waals surface area contributed by atoms with Gasteiger partial charge in [0, 0.05) is 29.7 Å². The van der Waals surface area contributed by atoms with E-state index in [-0.39, 0.29) is 63.5 Å². The second-order valence-corrected chi connectivity index (χ2v) is 7.30. The number of phenolic OH excluding ortho intramolecular Hbond substituents is 1. The Balaban J connectivity index is 0.00000338. The quantitative estimate of drug-likeness (QED) is 0.538. The van der Waals surface area contributed by atoms with Gasteiger partial charge in [-0.3, -0.25) is 0 Å². The van der Waals surface area contributed by atoms with E-state index in [2.05, 4.69) is 40.7 Å². The zero-order chi connectivity index (χ0) is 18.6. The fraction of sp³-hybridized carbons (Fsp3) is 0.211. The number of nitrogens with zero attached hydrogens (tertiary/aromatic N) is 2. The molecule has 0 radical (unpaired) electrons. The van der Waals surface area contributed by atoms with Gasteiger partial charge >= 0.3 is 51.4 Å². The summed E-state index contributed by atoms with van der Waals surface area (Å²) in [6.07, 6.45) is 1.11. The average Bonchev–Trinajstić information content (AvgIpc) is 2.81. The molecule has 5 nitrogen and oxygen atoms in total. The van der Waals surface area contributed by atoms with Crippen LogP contribution >= 0.6 is 0 Å². The molecule has 1 aromatic heterocycles. The molecule has 0 fully saturated rings. The molecule has 0 atom stereocenters. The molecule has 0 bridgehead atoms. The number of hydrogen-bond acceptors (Lipinski definition) is 4. The Morgan fingerprint density at radius 1 is 1.15 bits per heavy atom. The van der Waals surface area contributed by atoms with Gasteiger partial charge in [-0.25, -0.2) is 8.42 Å². The summed E-state index contributed by atoms with van der Waals surface area (Å²) in [7, 11) is -3.41. The Bertz CT molecular complexity index is 1140. The van der Waals surface area contributed by atoms with Crippen molar-refractivity contribution in [1.29, 1.82) is 0 Å². The third-order valence-electron chi connectivity index (χ3n) is 3.49. The monoisotopic (exact) mass is 392 g/mol. The Hall–Kier alpha value is -1.50. The molecule has 0 unspecified atom stereocenters. The van der Waals surface area contributed by atoms with Gasteiger partial charge in [0.15, 0.2) is 9.84 Å². The van der Waals surface area contributed by atoms with Crippen molar-refractivity contribution in [2.75, 3.05) is 6.26 Å². The molecule has 1 N–H and O–H groups in total.